The summed E-state index contributed by atoms with van der Waals surface area (Å²) in [4.78, 5) is 12.4. The molecule has 0 saturated carbocycles. The lowest BCUT2D eigenvalue weighted by Crippen LogP contribution is -2.48. The van der Waals surface area contributed by atoms with Crippen molar-refractivity contribution < 1.29 is 22.7 Å². The Morgan fingerprint density at radius 2 is 1.92 bits per heavy atom. The Hall–Kier alpha value is -1.64. The molecule has 1 N–H and O–H groups in total. The van der Waals surface area contributed by atoms with Gasteiger partial charge in [-0.1, -0.05) is 0 Å². The first-order valence-electron chi connectivity index (χ1n) is 9.15. The molecule has 2 aliphatic heterocycles. The fraction of sp³-hybridized carbons (Fsp3) is 0.611. The predicted molar refractivity (Wildman–Crippen MR) is 96.5 cm³/mol. The lowest BCUT2D eigenvalue weighted by Gasteiger charge is -2.32. The smallest absolute Gasteiger partial charge is 0.249 e. The molecule has 2 aliphatic rings. The van der Waals surface area contributed by atoms with E-state index in [1.807, 2.05) is 6.92 Å². The van der Waals surface area contributed by atoms with Crippen LogP contribution in [0.1, 0.15) is 32.6 Å². The highest BCUT2D eigenvalue weighted by molar-refractivity contribution is 7.89. The third-order valence-electron chi connectivity index (χ3n) is 4.79. The number of amides is 1. The van der Waals surface area contributed by atoms with Gasteiger partial charge in [-0.25, -0.2) is 8.42 Å². The van der Waals surface area contributed by atoms with Crippen LogP contribution in [0.4, 0.5) is 0 Å². The summed E-state index contributed by atoms with van der Waals surface area (Å²) in [5.74, 6) is 0.581. The van der Waals surface area contributed by atoms with Crippen LogP contribution in [0, 0.1) is 0 Å². The molecule has 2 fully saturated rings. The van der Waals surface area contributed by atoms with Gasteiger partial charge in [0.05, 0.1) is 11.5 Å². The number of benzene rings is 1. The van der Waals surface area contributed by atoms with Crippen LogP contribution < -0.4 is 10.1 Å². The normalized spacial score (nSPS) is 22.3. The van der Waals surface area contributed by atoms with Gasteiger partial charge >= 0.3 is 0 Å². The average Bonchev–Trinajstić information content (AvgIpc) is 3.18. The van der Waals surface area contributed by atoms with Gasteiger partial charge in [-0.15, -0.1) is 0 Å². The molecule has 8 heteroatoms. The fourth-order valence-corrected chi connectivity index (χ4v) is 4.81. The van der Waals surface area contributed by atoms with Crippen LogP contribution in [0.3, 0.4) is 0 Å². The average molecular weight is 382 g/mol. The molecule has 0 aliphatic carbocycles. The van der Waals surface area contributed by atoms with Crippen molar-refractivity contribution in [1.82, 2.24) is 9.62 Å². The number of hydrogen-bond acceptors (Lipinski definition) is 5. The molecule has 1 aromatic rings. The topological polar surface area (TPSA) is 84.9 Å². The minimum Gasteiger partial charge on any atom is -0.494 e. The Morgan fingerprint density at radius 1 is 1.23 bits per heavy atom. The Morgan fingerprint density at radius 3 is 2.50 bits per heavy atom. The number of carbonyl (C=O) groups excluding carboxylic acids is 1. The molecule has 1 unspecified atom stereocenters. The Balaban J connectivity index is 1.55. The maximum Gasteiger partial charge on any atom is 0.249 e. The van der Waals surface area contributed by atoms with E-state index in [0.717, 1.165) is 12.8 Å². The number of nitrogens with zero attached hydrogens (tertiary/aromatic N) is 1. The van der Waals surface area contributed by atoms with Gasteiger partial charge in [-0.05, 0) is 56.9 Å². The van der Waals surface area contributed by atoms with E-state index in [1.54, 1.807) is 24.3 Å². The zero-order valence-electron chi connectivity index (χ0n) is 15.0. The summed E-state index contributed by atoms with van der Waals surface area (Å²) in [6, 6.07) is 6.49. The van der Waals surface area contributed by atoms with E-state index >= 15 is 0 Å². The standard InChI is InChI=1S/C18H26N2O5S/c1-2-24-15-5-7-16(8-6-15)26(22,23)20-11-9-14(10-12-20)19-18(21)17-4-3-13-25-17/h5-8,14,17H,2-4,9-13H2,1H3,(H,19,21). The molecule has 144 valence electrons. The second kappa shape index (κ2) is 8.37. The highest BCUT2D eigenvalue weighted by Gasteiger charge is 2.31. The lowest BCUT2D eigenvalue weighted by atomic mass is 10.1. The number of hydrogen-bond donors (Lipinski definition) is 1. The van der Waals surface area contributed by atoms with Crippen molar-refractivity contribution in [2.75, 3.05) is 26.3 Å². The van der Waals surface area contributed by atoms with Crippen molar-refractivity contribution in [2.45, 2.75) is 49.6 Å². The first-order valence-corrected chi connectivity index (χ1v) is 10.6. The minimum absolute atomic E-state index is 0.00141. The molecular weight excluding hydrogens is 356 g/mol. The molecule has 1 amide bonds. The highest BCUT2D eigenvalue weighted by Crippen LogP contribution is 2.23. The molecule has 1 aromatic carbocycles. The molecule has 2 heterocycles. The van der Waals surface area contributed by atoms with Crippen LogP contribution in [0.15, 0.2) is 29.2 Å². The monoisotopic (exact) mass is 382 g/mol. The molecule has 1 atom stereocenters. The number of sulfonamides is 1. The van der Waals surface area contributed by atoms with Crippen molar-refractivity contribution in [2.24, 2.45) is 0 Å². The second-order valence-corrected chi connectivity index (χ2v) is 8.53. The summed E-state index contributed by atoms with van der Waals surface area (Å²) >= 11 is 0. The molecule has 7 nitrogen and oxygen atoms in total. The second-order valence-electron chi connectivity index (χ2n) is 6.59. The number of nitrogens with one attached hydrogen (secondary N) is 1. The van der Waals surface area contributed by atoms with Crippen molar-refractivity contribution >= 4 is 15.9 Å². The highest BCUT2D eigenvalue weighted by atomic mass is 32.2. The molecular formula is C18H26N2O5S. The molecule has 0 bridgehead atoms. The fourth-order valence-electron chi connectivity index (χ4n) is 3.34. The van der Waals surface area contributed by atoms with Crippen LogP contribution in [0.25, 0.3) is 0 Å². The molecule has 0 aromatic heterocycles. The van der Waals surface area contributed by atoms with Crippen molar-refractivity contribution in [1.29, 1.82) is 0 Å². The van der Waals surface area contributed by atoms with E-state index in [2.05, 4.69) is 5.32 Å². The van der Waals surface area contributed by atoms with E-state index in [-0.39, 0.29) is 22.9 Å². The van der Waals surface area contributed by atoms with Gasteiger partial charge in [-0.3, -0.25) is 4.79 Å². The van der Waals surface area contributed by atoms with E-state index < -0.39 is 10.0 Å². The summed E-state index contributed by atoms with van der Waals surface area (Å²) in [6.07, 6.45) is 2.54. The van der Waals surface area contributed by atoms with E-state index in [0.29, 0.717) is 44.9 Å². The summed E-state index contributed by atoms with van der Waals surface area (Å²) < 4.78 is 37.8. The van der Waals surface area contributed by atoms with Crippen molar-refractivity contribution in [3.05, 3.63) is 24.3 Å². The zero-order chi connectivity index (χ0) is 18.6. The Labute approximate surface area is 154 Å². The van der Waals surface area contributed by atoms with Crippen LogP contribution in [0.2, 0.25) is 0 Å². The van der Waals surface area contributed by atoms with Crippen molar-refractivity contribution in [3.63, 3.8) is 0 Å². The van der Waals surface area contributed by atoms with Crippen LogP contribution >= 0.6 is 0 Å². The number of ether oxygens (including phenoxy) is 2. The van der Waals surface area contributed by atoms with Gasteiger partial charge in [0, 0.05) is 25.7 Å². The molecule has 26 heavy (non-hydrogen) atoms. The molecule has 0 spiro atoms. The summed E-state index contributed by atoms with van der Waals surface area (Å²) in [6.45, 7) is 3.85. The van der Waals surface area contributed by atoms with Gasteiger partial charge in [-0.2, -0.15) is 4.31 Å². The third kappa shape index (κ3) is 4.36. The zero-order valence-corrected chi connectivity index (χ0v) is 15.8. The largest absolute Gasteiger partial charge is 0.494 e. The SMILES string of the molecule is CCOc1ccc(S(=O)(=O)N2CCC(NC(=O)C3CCCO3)CC2)cc1. The van der Waals surface area contributed by atoms with Gasteiger partial charge in [0.25, 0.3) is 0 Å². The molecule has 0 radical (unpaired) electrons. The lowest BCUT2D eigenvalue weighted by molar-refractivity contribution is -0.131. The van der Waals surface area contributed by atoms with Gasteiger partial charge in [0.1, 0.15) is 11.9 Å². The van der Waals surface area contributed by atoms with Crippen LogP contribution in [-0.4, -0.2) is 57.1 Å². The predicted octanol–water partition coefficient (Wildman–Crippen LogP) is 1.53. The van der Waals surface area contributed by atoms with Crippen molar-refractivity contribution in [3.8, 4) is 5.75 Å². The van der Waals surface area contributed by atoms with E-state index in [4.69, 9.17) is 9.47 Å². The third-order valence-corrected chi connectivity index (χ3v) is 6.71. The molecule has 2 saturated heterocycles. The number of carbonyl (C=O) groups is 1. The van der Waals surface area contributed by atoms with E-state index in [9.17, 15) is 13.2 Å². The molecule has 3 rings (SSSR count). The first-order chi connectivity index (χ1) is 12.5. The Bertz CT molecular complexity index is 706. The number of rotatable bonds is 6. The summed E-state index contributed by atoms with van der Waals surface area (Å²) in [5.41, 5.74) is 0. The van der Waals surface area contributed by atoms with Gasteiger partial charge in [0.15, 0.2) is 0 Å². The number of piperidine rings is 1. The van der Waals surface area contributed by atoms with E-state index in [1.165, 1.54) is 4.31 Å². The first kappa shape index (κ1) is 19.1. The van der Waals surface area contributed by atoms with Gasteiger partial charge < -0.3 is 14.8 Å². The summed E-state index contributed by atoms with van der Waals surface area (Å²) in [7, 11) is -3.52. The quantitative estimate of drug-likeness (QED) is 0.807. The van der Waals surface area contributed by atoms with Crippen LogP contribution in [0.5, 0.6) is 5.75 Å². The maximum atomic E-state index is 12.8. The maximum absolute atomic E-state index is 12.8. The summed E-state index contributed by atoms with van der Waals surface area (Å²) in [5, 5.41) is 2.99. The minimum atomic E-state index is -3.52. The Kier molecular flexibility index (Phi) is 6.16. The van der Waals surface area contributed by atoms with Gasteiger partial charge in [0.2, 0.25) is 15.9 Å². The van der Waals surface area contributed by atoms with Crippen LogP contribution in [-0.2, 0) is 19.6 Å².